The number of carbonyl (C=O) groups is 1. The van der Waals surface area contributed by atoms with Gasteiger partial charge in [0.2, 0.25) is 5.91 Å². The Labute approximate surface area is 177 Å². The van der Waals surface area contributed by atoms with E-state index in [-0.39, 0.29) is 23.4 Å². The summed E-state index contributed by atoms with van der Waals surface area (Å²) in [6, 6.07) is 5.64. The summed E-state index contributed by atoms with van der Waals surface area (Å²) in [5.74, 6) is 0.796. The van der Waals surface area contributed by atoms with Crippen LogP contribution in [0.3, 0.4) is 0 Å². The highest BCUT2D eigenvalue weighted by molar-refractivity contribution is 7.89. The van der Waals surface area contributed by atoms with Gasteiger partial charge in [-0.2, -0.15) is 4.31 Å². The normalized spacial score (nSPS) is 17.5. The highest BCUT2D eigenvalue weighted by atomic mass is 32.2. The van der Waals surface area contributed by atoms with Crippen molar-refractivity contribution >= 4 is 15.9 Å². The number of ether oxygens (including phenoxy) is 2. The van der Waals surface area contributed by atoms with Crippen molar-refractivity contribution in [3.05, 3.63) is 36.3 Å². The number of amides is 1. The van der Waals surface area contributed by atoms with E-state index < -0.39 is 10.0 Å². The van der Waals surface area contributed by atoms with E-state index in [1.54, 1.807) is 25.8 Å². The first-order valence-corrected chi connectivity index (χ1v) is 11.3. The Hall–Kier alpha value is -2.59. The molecule has 2 aromatic rings. The molecule has 1 aromatic heterocycles. The van der Waals surface area contributed by atoms with Crippen LogP contribution in [0.5, 0.6) is 11.5 Å². The number of sulfonamides is 1. The third-order valence-electron chi connectivity index (χ3n) is 5.20. The lowest BCUT2D eigenvalue weighted by Crippen LogP contribution is -2.45. The molecule has 0 bridgehead atoms. The largest absolute Gasteiger partial charge is 0.493 e. The number of hydrogen-bond donors (Lipinski definition) is 1. The zero-order chi connectivity index (χ0) is 21.7. The van der Waals surface area contributed by atoms with Crippen LogP contribution in [-0.4, -0.2) is 62.0 Å². The highest BCUT2D eigenvalue weighted by Crippen LogP contribution is 2.27. The first-order chi connectivity index (χ1) is 14.3. The van der Waals surface area contributed by atoms with Crippen LogP contribution in [-0.2, 0) is 28.3 Å². The zero-order valence-electron chi connectivity index (χ0n) is 17.5. The van der Waals surface area contributed by atoms with Gasteiger partial charge in [0.1, 0.15) is 0 Å². The minimum Gasteiger partial charge on any atom is -0.493 e. The van der Waals surface area contributed by atoms with Crippen LogP contribution in [0, 0.1) is 5.92 Å². The van der Waals surface area contributed by atoms with Gasteiger partial charge in [0.15, 0.2) is 16.5 Å². The van der Waals surface area contributed by atoms with E-state index in [1.165, 1.54) is 16.8 Å². The van der Waals surface area contributed by atoms with Crippen LogP contribution in [0.25, 0.3) is 0 Å². The Bertz CT molecular complexity index is 989. The Kier molecular flexibility index (Phi) is 6.99. The van der Waals surface area contributed by atoms with Gasteiger partial charge < -0.3 is 19.4 Å². The van der Waals surface area contributed by atoms with Gasteiger partial charge in [0.25, 0.3) is 10.0 Å². The molecule has 0 saturated carbocycles. The molecule has 1 aliphatic heterocycles. The second-order valence-electron chi connectivity index (χ2n) is 7.31. The molecule has 30 heavy (non-hydrogen) atoms. The molecule has 3 rings (SSSR count). The Morgan fingerprint density at radius 1 is 1.27 bits per heavy atom. The summed E-state index contributed by atoms with van der Waals surface area (Å²) in [6.45, 7) is 1.02. The molecule has 1 aliphatic rings. The third-order valence-corrected chi connectivity index (χ3v) is 6.95. The summed E-state index contributed by atoms with van der Waals surface area (Å²) in [7, 11) is 1.19. The van der Waals surface area contributed by atoms with Crippen LogP contribution in [0.1, 0.15) is 18.4 Å². The van der Waals surface area contributed by atoms with Crippen LogP contribution in [0.15, 0.2) is 35.7 Å². The van der Waals surface area contributed by atoms with E-state index in [0.717, 1.165) is 5.56 Å². The Morgan fingerprint density at radius 2 is 2.03 bits per heavy atom. The maximum Gasteiger partial charge on any atom is 0.262 e. The molecule has 1 saturated heterocycles. The molecule has 0 radical (unpaired) electrons. The standard InChI is InChI=1S/C20H28N4O5S/c1-23-13-19(22-14-23)30(26,27)24-10-4-5-16(12-24)20(25)21-9-8-15-6-7-17(28-2)18(11-15)29-3/h6-7,11,13-14,16H,4-5,8-10,12H2,1-3H3,(H,21,25)/t16-/m1/s1. The first kappa shape index (κ1) is 22.1. The number of carbonyl (C=O) groups excluding carboxylic acids is 1. The van der Waals surface area contributed by atoms with E-state index in [0.29, 0.717) is 43.9 Å². The summed E-state index contributed by atoms with van der Waals surface area (Å²) in [6.07, 6.45) is 4.86. The Morgan fingerprint density at radius 3 is 2.70 bits per heavy atom. The molecule has 0 unspecified atom stereocenters. The van der Waals surface area contributed by atoms with Gasteiger partial charge in [0, 0.05) is 32.9 Å². The predicted octanol–water partition coefficient (Wildman–Crippen LogP) is 1.20. The van der Waals surface area contributed by atoms with Crippen LogP contribution < -0.4 is 14.8 Å². The number of hydrogen-bond acceptors (Lipinski definition) is 6. The molecule has 1 amide bonds. The minimum absolute atomic E-state index is 0.0134. The molecule has 0 aliphatic carbocycles. The van der Waals surface area contributed by atoms with E-state index in [2.05, 4.69) is 10.3 Å². The summed E-state index contributed by atoms with van der Waals surface area (Å²) in [5, 5.41) is 2.94. The van der Waals surface area contributed by atoms with Crippen molar-refractivity contribution in [2.75, 3.05) is 33.9 Å². The molecule has 9 nitrogen and oxygen atoms in total. The zero-order valence-corrected chi connectivity index (χ0v) is 18.3. The number of piperidine rings is 1. The average molecular weight is 437 g/mol. The van der Waals surface area contributed by atoms with Gasteiger partial charge in [-0.05, 0) is 37.0 Å². The molecule has 1 aromatic carbocycles. The predicted molar refractivity (Wildman–Crippen MR) is 111 cm³/mol. The molecular weight excluding hydrogens is 408 g/mol. The lowest BCUT2D eigenvalue weighted by Gasteiger charge is -2.30. The topological polar surface area (TPSA) is 103 Å². The van der Waals surface area contributed by atoms with Crippen molar-refractivity contribution in [3.63, 3.8) is 0 Å². The fourth-order valence-electron chi connectivity index (χ4n) is 3.54. The van der Waals surface area contributed by atoms with Crippen molar-refractivity contribution in [1.82, 2.24) is 19.2 Å². The number of aromatic nitrogens is 2. The molecule has 0 spiro atoms. The minimum atomic E-state index is -3.69. The second kappa shape index (κ2) is 9.48. The highest BCUT2D eigenvalue weighted by Gasteiger charge is 2.34. The quantitative estimate of drug-likeness (QED) is 0.667. The number of aryl methyl sites for hydroxylation is 1. The average Bonchev–Trinajstić information content (AvgIpc) is 3.20. The monoisotopic (exact) mass is 436 g/mol. The van der Waals surface area contributed by atoms with Crippen molar-refractivity contribution < 1.29 is 22.7 Å². The number of methoxy groups -OCH3 is 2. The van der Waals surface area contributed by atoms with E-state index in [9.17, 15) is 13.2 Å². The van der Waals surface area contributed by atoms with Gasteiger partial charge in [-0.15, -0.1) is 0 Å². The van der Waals surface area contributed by atoms with Gasteiger partial charge in [-0.1, -0.05) is 6.07 Å². The summed E-state index contributed by atoms with van der Waals surface area (Å²) in [5.41, 5.74) is 1.01. The number of nitrogens with one attached hydrogen (secondary N) is 1. The van der Waals surface area contributed by atoms with Gasteiger partial charge in [0.05, 0.1) is 26.5 Å². The number of nitrogens with zero attached hydrogens (tertiary/aromatic N) is 3. The van der Waals surface area contributed by atoms with Crippen LogP contribution in [0.4, 0.5) is 0 Å². The summed E-state index contributed by atoms with van der Waals surface area (Å²) < 4.78 is 39.0. The van der Waals surface area contributed by atoms with Gasteiger partial charge in [-0.3, -0.25) is 4.79 Å². The maximum absolute atomic E-state index is 12.8. The molecule has 164 valence electrons. The second-order valence-corrected chi connectivity index (χ2v) is 9.19. The number of rotatable bonds is 8. The van der Waals surface area contributed by atoms with Crippen molar-refractivity contribution in [3.8, 4) is 11.5 Å². The van der Waals surface area contributed by atoms with E-state index >= 15 is 0 Å². The maximum atomic E-state index is 12.8. The van der Waals surface area contributed by atoms with Crippen molar-refractivity contribution in [2.45, 2.75) is 24.3 Å². The Balaban J connectivity index is 1.55. The first-order valence-electron chi connectivity index (χ1n) is 9.82. The number of benzene rings is 1. The fourth-order valence-corrected chi connectivity index (χ4v) is 5.03. The van der Waals surface area contributed by atoms with E-state index in [4.69, 9.17) is 9.47 Å². The third kappa shape index (κ3) is 4.93. The lowest BCUT2D eigenvalue weighted by molar-refractivity contribution is -0.126. The summed E-state index contributed by atoms with van der Waals surface area (Å²) in [4.78, 5) is 16.6. The van der Waals surface area contributed by atoms with Crippen LogP contribution in [0.2, 0.25) is 0 Å². The molecule has 1 fully saturated rings. The van der Waals surface area contributed by atoms with E-state index in [1.807, 2.05) is 18.2 Å². The van der Waals surface area contributed by atoms with Crippen LogP contribution >= 0.6 is 0 Å². The SMILES string of the molecule is COc1ccc(CCNC(=O)[C@@H]2CCCN(S(=O)(=O)c3cn(C)cn3)C2)cc1OC. The lowest BCUT2D eigenvalue weighted by atomic mass is 9.99. The molecule has 1 atom stereocenters. The molecule has 2 heterocycles. The molecular formula is C20H28N4O5S. The molecule has 10 heteroatoms. The fraction of sp³-hybridized carbons (Fsp3) is 0.500. The van der Waals surface area contributed by atoms with Gasteiger partial charge in [-0.25, -0.2) is 13.4 Å². The molecule has 1 N–H and O–H groups in total. The summed E-state index contributed by atoms with van der Waals surface area (Å²) >= 11 is 0. The number of imidazole rings is 1. The van der Waals surface area contributed by atoms with Gasteiger partial charge >= 0.3 is 0 Å². The van der Waals surface area contributed by atoms with Crippen molar-refractivity contribution in [2.24, 2.45) is 13.0 Å². The van der Waals surface area contributed by atoms with Crippen molar-refractivity contribution in [1.29, 1.82) is 0 Å². The smallest absolute Gasteiger partial charge is 0.262 e.